The number of carbonyl (C=O) groups excluding carboxylic acids is 1. The highest BCUT2D eigenvalue weighted by Crippen LogP contribution is 2.25. The van der Waals surface area contributed by atoms with Crippen LogP contribution in [0.15, 0.2) is 18.2 Å². The Kier molecular flexibility index (Phi) is 4.59. The molecule has 19 heavy (non-hydrogen) atoms. The molecule has 0 spiro atoms. The quantitative estimate of drug-likeness (QED) is 0.847. The Morgan fingerprint density at radius 2 is 2.00 bits per heavy atom. The summed E-state index contributed by atoms with van der Waals surface area (Å²) in [6.07, 6.45) is 4.80. The van der Waals surface area contributed by atoms with Crippen LogP contribution < -0.4 is 5.32 Å². The van der Waals surface area contributed by atoms with Gasteiger partial charge in [0.15, 0.2) is 0 Å². The molecule has 0 aromatic heterocycles. The number of esters is 1. The first-order valence-electron chi connectivity index (χ1n) is 7.03. The highest BCUT2D eigenvalue weighted by atomic mass is 16.5. The van der Waals surface area contributed by atoms with E-state index in [1.165, 1.54) is 25.5 Å². The standard InChI is InChI=1S/C16H23NO2/c1-11-8-9-12(2)14(10-11)15(16(18)19-3)17-13-6-4-5-7-13/h8-10,13,15,17H,4-7H2,1-3H3. The van der Waals surface area contributed by atoms with Crippen molar-refractivity contribution in [2.24, 2.45) is 0 Å². The Morgan fingerprint density at radius 3 is 2.63 bits per heavy atom. The van der Waals surface area contributed by atoms with Crippen molar-refractivity contribution in [1.29, 1.82) is 0 Å². The van der Waals surface area contributed by atoms with Crippen molar-refractivity contribution in [2.45, 2.75) is 51.6 Å². The number of methoxy groups -OCH3 is 1. The minimum Gasteiger partial charge on any atom is -0.468 e. The molecule has 2 rings (SSSR count). The molecule has 0 aliphatic heterocycles. The van der Waals surface area contributed by atoms with Crippen LogP contribution >= 0.6 is 0 Å². The fourth-order valence-corrected chi connectivity index (χ4v) is 2.80. The normalized spacial score (nSPS) is 17.4. The highest BCUT2D eigenvalue weighted by Gasteiger charge is 2.27. The van der Waals surface area contributed by atoms with Gasteiger partial charge in [-0.15, -0.1) is 0 Å². The van der Waals surface area contributed by atoms with Gasteiger partial charge in [-0.05, 0) is 37.8 Å². The van der Waals surface area contributed by atoms with Crippen LogP contribution in [-0.4, -0.2) is 19.1 Å². The van der Waals surface area contributed by atoms with Crippen molar-refractivity contribution in [2.75, 3.05) is 7.11 Å². The van der Waals surface area contributed by atoms with Gasteiger partial charge in [0.05, 0.1) is 7.11 Å². The number of ether oxygens (including phenoxy) is 1. The van der Waals surface area contributed by atoms with Crippen molar-refractivity contribution in [3.63, 3.8) is 0 Å². The third-order valence-electron chi connectivity index (χ3n) is 3.94. The number of nitrogens with one attached hydrogen (secondary N) is 1. The van der Waals surface area contributed by atoms with Crippen LogP contribution in [0.2, 0.25) is 0 Å². The number of hydrogen-bond donors (Lipinski definition) is 1. The molecule has 1 unspecified atom stereocenters. The summed E-state index contributed by atoms with van der Waals surface area (Å²) in [6, 6.07) is 6.32. The molecule has 0 radical (unpaired) electrons. The first-order valence-corrected chi connectivity index (χ1v) is 7.03. The summed E-state index contributed by atoms with van der Waals surface area (Å²) in [4.78, 5) is 12.1. The summed E-state index contributed by atoms with van der Waals surface area (Å²) in [7, 11) is 1.46. The number of hydrogen-bond acceptors (Lipinski definition) is 3. The van der Waals surface area contributed by atoms with Gasteiger partial charge in [-0.25, -0.2) is 4.79 Å². The lowest BCUT2D eigenvalue weighted by molar-refractivity contribution is -0.143. The van der Waals surface area contributed by atoms with Crippen LogP contribution in [0.25, 0.3) is 0 Å². The van der Waals surface area contributed by atoms with Gasteiger partial charge in [0.25, 0.3) is 0 Å². The van der Waals surface area contributed by atoms with E-state index >= 15 is 0 Å². The van der Waals surface area contributed by atoms with Crippen LogP contribution in [0.3, 0.4) is 0 Å². The second kappa shape index (κ2) is 6.20. The van der Waals surface area contributed by atoms with Crippen LogP contribution in [0.1, 0.15) is 48.4 Å². The molecule has 1 saturated carbocycles. The maximum Gasteiger partial charge on any atom is 0.327 e. The summed E-state index contributed by atoms with van der Waals surface area (Å²) < 4.78 is 4.97. The van der Waals surface area contributed by atoms with E-state index in [1.807, 2.05) is 13.8 Å². The Bertz CT molecular complexity index is 450. The third-order valence-corrected chi connectivity index (χ3v) is 3.94. The van der Waals surface area contributed by atoms with Crippen molar-refractivity contribution in [3.05, 3.63) is 34.9 Å². The minimum absolute atomic E-state index is 0.194. The maximum absolute atomic E-state index is 12.1. The van der Waals surface area contributed by atoms with E-state index in [-0.39, 0.29) is 12.0 Å². The van der Waals surface area contributed by atoms with E-state index in [1.54, 1.807) is 0 Å². The Morgan fingerprint density at radius 1 is 1.32 bits per heavy atom. The van der Waals surface area contributed by atoms with E-state index in [0.29, 0.717) is 6.04 Å². The zero-order valence-corrected chi connectivity index (χ0v) is 12.0. The van der Waals surface area contributed by atoms with Gasteiger partial charge in [-0.2, -0.15) is 0 Å². The lowest BCUT2D eigenvalue weighted by Crippen LogP contribution is -2.36. The van der Waals surface area contributed by atoms with Gasteiger partial charge in [0.1, 0.15) is 6.04 Å². The molecule has 1 fully saturated rings. The Balaban J connectivity index is 2.25. The number of rotatable bonds is 4. The monoisotopic (exact) mass is 261 g/mol. The van der Waals surface area contributed by atoms with E-state index in [4.69, 9.17) is 4.74 Å². The average molecular weight is 261 g/mol. The lowest BCUT2D eigenvalue weighted by Gasteiger charge is -2.23. The molecule has 1 aliphatic carbocycles. The molecule has 1 aromatic carbocycles. The third kappa shape index (κ3) is 3.35. The molecular weight excluding hydrogens is 238 g/mol. The summed E-state index contributed by atoms with van der Waals surface area (Å²) in [5.41, 5.74) is 3.34. The van der Waals surface area contributed by atoms with E-state index in [9.17, 15) is 4.79 Å². The van der Waals surface area contributed by atoms with Crippen LogP contribution in [0, 0.1) is 13.8 Å². The molecule has 1 atom stereocenters. The summed E-state index contributed by atoms with van der Waals surface area (Å²) in [5, 5.41) is 3.48. The Hall–Kier alpha value is -1.35. The predicted octanol–water partition coefficient (Wildman–Crippen LogP) is 3.05. The van der Waals surface area contributed by atoms with Crippen LogP contribution in [-0.2, 0) is 9.53 Å². The summed E-state index contributed by atoms with van der Waals surface area (Å²) in [6.45, 7) is 4.09. The molecular formula is C16H23NO2. The number of carbonyl (C=O) groups is 1. The zero-order chi connectivity index (χ0) is 13.8. The van der Waals surface area contributed by atoms with Gasteiger partial charge in [0.2, 0.25) is 0 Å². The zero-order valence-electron chi connectivity index (χ0n) is 12.0. The average Bonchev–Trinajstić information content (AvgIpc) is 2.91. The molecule has 104 valence electrons. The molecule has 1 N–H and O–H groups in total. The molecule has 0 heterocycles. The van der Waals surface area contributed by atoms with Crippen LogP contribution in [0.5, 0.6) is 0 Å². The predicted molar refractivity (Wildman–Crippen MR) is 76.1 cm³/mol. The van der Waals surface area contributed by atoms with Crippen molar-refractivity contribution < 1.29 is 9.53 Å². The molecule has 1 aliphatic rings. The van der Waals surface area contributed by atoms with Gasteiger partial charge < -0.3 is 4.74 Å². The van der Waals surface area contributed by atoms with Gasteiger partial charge in [-0.3, -0.25) is 5.32 Å². The van der Waals surface area contributed by atoms with Crippen molar-refractivity contribution in [1.82, 2.24) is 5.32 Å². The second-order valence-electron chi connectivity index (χ2n) is 5.46. The van der Waals surface area contributed by atoms with E-state index < -0.39 is 0 Å². The second-order valence-corrected chi connectivity index (χ2v) is 5.46. The molecule has 3 nitrogen and oxygen atoms in total. The maximum atomic E-state index is 12.1. The topological polar surface area (TPSA) is 38.3 Å². The summed E-state index contributed by atoms with van der Waals surface area (Å²) in [5.74, 6) is -0.194. The Labute approximate surface area is 115 Å². The molecule has 0 amide bonds. The largest absolute Gasteiger partial charge is 0.468 e. The molecule has 0 bridgehead atoms. The van der Waals surface area contributed by atoms with Crippen molar-refractivity contribution >= 4 is 5.97 Å². The minimum atomic E-state index is -0.340. The number of aryl methyl sites for hydroxylation is 2. The fraction of sp³-hybridized carbons (Fsp3) is 0.562. The number of benzene rings is 1. The van der Waals surface area contributed by atoms with Gasteiger partial charge in [0, 0.05) is 6.04 Å². The van der Waals surface area contributed by atoms with E-state index in [2.05, 4.69) is 23.5 Å². The highest BCUT2D eigenvalue weighted by molar-refractivity contribution is 5.78. The van der Waals surface area contributed by atoms with Gasteiger partial charge in [-0.1, -0.05) is 36.6 Å². The van der Waals surface area contributed by atoms with Crippen molar-refractivity contribution in [3.8, 4) is 0 Å². The first kappa shape index (κ1) is 14.1. The molecule has 0 saturated heterocycles. The van der Waals surface area contributed by atoms with Gasteiger partial charge >= 0.3 is 5.97 Å². The fourth-order valence-electron chi connectivity index (χ4n) is 2.80. The summed E-state index contributed by atoms with van der Waals surface area (Å²) >= 11 is 0. The molecule has 1 aromatic rings. The lowest BCUT2D eigenvalue weighted by atomic mass is 9.98. The molecule has 3 heteroatoms. The van der Waals surface area contributed by atoms with E-state index in [0.717, 1.165) is 24.0 Å². The SMILES string of the molecule is COC(=O)C(NC1CCCC1)c1cc(C)ccc1C. The first-order chi connectivity index (χ1) is 9.11. The van der Waals surface area contributed by atoms with Crippen LogP contribution in [0.4, 0.5) is 0 Å². The smallest absolute Gasteiger partial charge is 0.327 e.